The lowest BCUT2D eigenvalue weighted by atomic mass is 9.49. The van der Waals surface area contributed by atoms with Crippen LogP contribution < -0.4 is 14.8 Å². The van der Waals surface area contributed by atoms with E-state index in [1.165, 1.54) is 44.1 Å². The van der Waals surface area contributed by atoms with E-state index in [-0.39, 0.29) is 23.8 Å². The van der Waals surface area contributed by atoms with E-state index in [0.29, 0.717) is 26.3 Å². The number of fused-ring (bicyclic) bond motifs is 1. The first-order chi connectivity index (χ1) is 16.0. The van der Waals surface area contributed by atoms with Crippen molar-refractivity contribution in [3.05, 3.63) is 23.8 Å². The van der Waals surface area contributed by atoms with E-state index < -0.39 is 0 Å². The fourth-order valence-corrected chi connectivity index (χ4v) is 7.65. The summed E-state index contributed by atoms with van der Waals surface area (Å²) in [5.74, 6) is 4.27. The number of nitrogens with one attached hydrogen (secondary N) is 1. The van der Waals surface area contributed by atoms with Crippen LogP contribution in [0, 0.1) is 23.2 Å². The maximum Gasteiger partial charge on any atom is 0.242 e. The molecule has 1 N–H and O–H groups in total. The summed E-state index contributed by atoms with van der Waals surface area (Å²) in [6.07, 6.45) is 8.47. The molecule has 2 heterocycles. The van der Waals surface area contributed by atoms with Crippen molar-refractivity contribution in [2.75, 3.05) is 39.5 Å². The third-order valence-electron chi connectivity index (χ3n) is 8.71. The summed E-state index contributed by atoms with van der Waals surface area (Å²) in [6, 6.07) is 6.08. The lowest BCUT2D eigenvalue weighted by molar-refractivity contribution is -0.136. The van der Waals surface area contributed by atoms with Gasteiger partial charge in [0.05, 0.1) is 6.54 Å². The van der Waals surface area contributed by atoms with E-state index in [0.717, 1.165) is 48.9 Å². The lowest BCUT2D eigenvalue weighted by Gasteiger charge is -2.56. The van der Waals surface area contributed by atoms with Crippen molar-refractivity contribution in [3.8, 4) is 11.5 Å². The number of hydrogen-bond acceptors (Lipinski definition) is 5. The van der Waals surface area contributed by atoms with E-state index in [9.17, 15) is 9.59 Å². The predicted molar refractivity (Wildman–Crippen MR) is 123 cm³/mol. The van der Waals surface area contributed by atoms with Crippen LogP contribution in [0.4, 0.5) is 0 Å². The largest absolute Gasteiger partial charge is 0.454 e. The minimum absolute atomic E-state index is 0.0385. The van der Waals surface area contributed by atoms with Gasteiger partial charge in [-0.25, -0.2) is 0 Å². The molecule has 2 aliphatic heterocycles. The molecule has 2 amide bonds. The summed E-state index contributed by atoms with van der Waals surface area (Å²) >= 11 is 0. The summed E-state index contributed by atoms with van der Waals surface area (Å²) in [4.78, 5) is 29.7. The predicted octanol–water partition coefficient (Wildman–Crippen LogP) is 2.78. The fourth-order valence-electron chi connectivity index (χ4n) is 7.65. The van der Waals surface area contributed by atoms with Crippen LogP contribution >= 0.6 is 0 Å². The van der Waals surface area contributed by atoms with Crippen LogP contribution in [0.1, 0.15) is 50.5 Å². The Morgan fingerprint density at radius 1 is 0.939 bits per heavy atom. The quantitative estimate of drug-likeness (QED) is 0.717. The van der Waals surface area contributed by atoms with Crippen molar-refractivity contribution < 1.29 is 19.1 Å². The standard InChI is InChI=1S/C26H35N3O4/c30-24(14-26-11-19-7-20(12-26)9-21(8-19)13-26)27-15-25(31)29-5-3-28(4-6-29)16-18-1-2-22-23(10-18)33-17-32-22/h1-2,10,19-21H,3-9,11-17H2,(H,27,30). The molecular weight excluding hydrogens is 418 g/mol. The normalized spacial score (nSPS) is 32.2. The Labute approximate surface area is 195 Å². The molecule has 1 aromatic rings. The first kappa shape index (κ1) is 21.3. The van der Waals surface area contributed by atoms with Crippen molar-refractivity contribution in [1.82, 2.24) is 15.1 Å². The van der Waals surface area contributed by atoms with Crippen LogP contribution in [0.25, 0.3) is 0 Å². The average molecular weight is 454 g/mol. The van der Waals surface area contributed by atoms with E-state index in [4.69, 9.17) is 9.47 Å². The van der Waals surface area contributed by atoms with Gasteiger partial charge >= 0.3 is 0 Å². The zero-order chi connectivity index (χ0) is 22.4. The molecular formula is C26H35N3O4. The molecule has 7 rings (SSSR count). The second kappa shape index (κ2) is 8.49. The van der Waals surface area contributed by atoms with Crippen molar-refractivity contribution >= 4 is 11.8 Å². The van der Waals surface area contributed by atoms with Gasteiger partial charge in [-0.1, -0.05) is 6.07 Å². The summed E-state index contributed by atoms with van der Waals surface area (Å²) < 4.78 is 10.9. The lowest BCUT2D eigenvalue weighted by Crippen LogP contribution is -2.51. The summed E-state index contributed by atoms with van der Waals surface area (Å²) in [6.45, 7) is 4.33. The van der Waals surface area contributed by atoms with Gasteiger partial charge in [-0.2, -0.15) is 0 Å². The average Bonchev–Trinajstić information content (AvgIpc) is 3.25. The molecule has 7 nitrogen and oxygen atoms in total. The Morgan fingerprint density at radius 2 is 1.61 bits per heavy atom. The van der Waals surface area contributed by atoms with Gasteiger partial charge in [0.25, 0.3) is 0 Å². The van der Waals surface area contributed by atoms with Crippen molar-refractivity contribution in [1.29, 1.82) is 0 Å². The summed E-state index contributed by atoms with van der Waals surface area (Å²) in [5.41, 5.74) is 1.42. The zero-order valence-electron chi connectivity index (χ0n) is 19.4. The molecule has 5 fully saturated rings. The second-order valence-corrected chi connectivity index (χ2v) is 11.2. The molecule has 0 aromatic heterocycles. The number of hydrogen-bond donors (Lipinski definition) is 1. The minimum atomic E-state index is 0.0385. The topological polar surface area (TPSA) is 71.1 Å². The van der Waals surface area contributed by atoms with Gasteiger partial charge in [0, 0.05) is 39.1 Å². The number of benzene rings is 1. The van der Waals surface area contributed by atoms with Crippen LogP contribution in [-0.2, 0) is 16.1 Å². The second-order valence-electron chi connectivity index (χ2n) is 11.2. The monoisotopic (exact) mass is 453 g/mol. The highest BCUT2D eigenvalue weighted by atomic mass is 16.7. The van der Waals surface area contributed by atoms with E-state index in [1.807, 2.05) is 17.0 Å². The number of carbonyl (C=O) groups excluding carboxylic acids is 2. The van der Waals surface area contributed by atoms with Crippen molar-refractivity contribution in [2.45, 2.75) is 51.5 Å². The Hall–Kier alpha value is -2.28. The van der Waals surface area contributed by atoms with Gasteiger partial charge in [0.2, 0.25) is 18.6 Å². The molecule has 1 aromatic carbocycles. The Kier molecular flexibility index (Phi) is 5.47. The van der Waals surface area contributed by atoms with Crippen molar-refractivity contribution in [3.63, 3.8) is 0 Å². The molecule has 1 saturated heterocycles. The van der Waals surface area contributed by atoms with Gasteiger partial charge in [0.15, 0.2) is 11.5 Å². The van der Waals surface area contributed by atoms with E-state index >= 15 is 0 Å². The first-order valence-electron chi connectivity index (χ1n) is 12.7. The smallest absolute Gasteiger partial charge is 0.242 e. The highest BCUT2D eigenvalue weighted by Gasteiger charge is 2.51. The Balaban J connectivity index is 0.943. The summed E-state index contributed by atoms with van der Waals surface area (Å²) in [5, 5.41) is 2.96. The molecule has 33 heavy (non-hydrogen) atoms. The van der Waals surface area contributed by atoms with Crippen molar-refractivity contribution in [2.24, 2.45) is 23.2 Å². The number of amides is 2. The molecule has 0 unspecified atom stereocenters. The number of rotatable bonds is 6. The van der Waals surface area contributed by atoms with Gasteiger partial charge in [0.1, 0.15) is 0 Å². The minimum Gasteiger partial charge on any atom is -0.454 e. The Morgan fingerprint density at radius 3 is 2.30 bits per heavy atom. The number of piperazine rings is 1. The third kappa shape index (κ3) is 4.44. The first-order valence-corrected chi connectivity index (χ1v) is 12.7. The van der Waals surface area contributed by atoms with Crippen LogP contribution in [0.15, 0.2) is 18.2 Å². The molecule has 0 radical (unpaired) electrons. The maximum absolute atomic E-state index is 12.7. The van der Waals surface area contributed by atoms with Gasteiger partial charge in [-0.05, 0) is 79.4 Å². The number of ether oxygens (including phenoxy) is 2. The molecule has 7 heteroatoms. The molecule has 0 spiro atoms. The zero-order valence-corrected chi connectivity index (χ0v) is 19.4. The number of nitrogens with zero attached hydrogens (tertiary/aromatic N) is 2. The van der Waals surface area contributed by atoms with Crippen LogP contribution in [-0.4, -0.2) is 61.1 Å². The van der Waals surface area contributed by atoms with Crippen LogP contribution in [0.3, 0.4) is 0 Å². The molecule has 4 saturated carbocycles. The molecule has 4 bridgehead atoms. The molecule has 178 valence electrons. The van der Waals surface area contributed by atoms with Gasteiger partial charge in [-0.3, -0.25) is 14.5 Å². The maximum atomic E-state index is 12.7. The highest BCUT2D eigenvalue weighted by Crippen LogP contribution is 2.61. The molecule has 4 aliphatic carbocycles. The van der Waals surface area contributed by atoms with E-state index in [1.54, 1.807) is 0 Å². The fraction of sp³-hybridized carbons (Fsp3) is 0.692. The number of carbonyl (C=O) groups is 2. The third-order valence-corrected chi connectivity index (χ3v) is 8.71. The highest BCUT2D eigenvalue weighted by molar-refractivity contribution is 5.85. The van der Waals surface area contributed by atoms with Gasteiger partial charge < -0.3 is 19.7 Å². The van der Waals surface area contributed by atoms with E-state index in [2.05, 4.69) is 16.3 Å². The molecule has 6 aliphatic rings. The van der Waals surface area contributed by atoms with Gasteiger partial charge in [-0.15, -0.1) is 0 Å². The summed E-state index contributed by atoms with van der Waals surface area (Å²) in [7, 11) is 0. The Bertz CT molecular complexity index is 889. The molecule has 0 atom stereocenters. The van der Waals surface area contributed by atoms with Crippen LogP contribution in [0.2, 0.25) is 0 Å². The van der Waals surface area contributed by atoms with Crippen LogP contribution in [0.5, 0.6) is 11.5 Å². The SMILES string of the molecule is O=C(CC12CC3CC(CC(C3)C1)C2)NCC(=O)N1CCN(Cc2ccc3c(c2)OCO3)CC1.